The summed E-state index contributed by atoms with van der Waals surface area (Å²) in [6.45, 7) is 18.7. The van der Waals surface area contributed by atoms with E-state index in [2.05, 4.69) is 72.5 Å². The smallest absolute Gasteiger partial charge is 0.444 e. The molecule has 17 heteroatoms. The molecule has 6 heterocycles. The number of cyclic esters (lactones) is 2. The van der Waals surface area contributed by atoms with E-state index >= 15 is 0 Å². The number of hydrogen-bond donors (Lipinski definition) is 2. The summed E-state index contributed by atoms with van der Waals surface area (Å²) in [6.07, 6.45) is 9.82. The molecule has 2 N–H and O–H groups in total. The van der Waals surface area contributed by atoms with Crippen molar-refractivity contribution in [1.82, 2.24) is 15.5 Å². The fraction of sp³-hybridized carbons (Fsp3) is 0.571. The summed E-state index contributed by atoms with van der Waals surface area (Å²) in [5.41, 5.74) is 6.74. The van der Waals surface area contributed by atoms with Crippen molar-refractivity contribution in [2.75, 3.05) is 36.0 Å². The second kappa shape index (κ2) is 20.2. The van der Waals surface area contributed by atoms with Gasteiger partial charge in [-0.1, -0.05) is 41.6 Å². The van der Waals surface area contributed by atoms with Gasteiger partial charge in [-0.3, -0.25) is 19.4 Å². The first kappa shape index (κ1) is 50.5. The summed E-state index contributed by atoms with van der Waals surface area (Å²) in [5.74, 6) is -0.260. The molecule has 0 unspecified atom stereocenters. The molecule has 7 aliphatic rings. The molecule has 3 fully saturated rings. The molecular weight excluding hydrogens is 909 g/mol. The van der Waals surface area contributed by atoms with Crippen molar-refractivity contribution in [3.63, 3.8) is 0 Å². The molecule has 358 valence electrons. The van der Waals surface area contributed by atoms with E-state index in [0.717, 1.165) is 51.8 Å². The summed E-state index contributed by atoms with van der Waals surface area (Å²) < 4.78 is 29.3. The van der Waals surface area contributed by atoms with Crippen LogP contribution in [0, 0.1) is 0 Å². The average molecular weight is 977 g/mol. The van der Waals surface area contributed by atoms with Gasteiger partial charge in [-0.15, -0.1) is 0 Å². The van der Waals surface area contributed by atoms with E-state index in [9.17, 15) is 24.0 Å². The number of benzene rings is 2. The second-order valence-corrected chi connectivity index (χ2v) is 20.6. The van der Waals surface area contributed by atoms with Crippen LogP contribution in [0.2, 0.25) is 0 Å². The molecule has 66 heavy (non-hydrogen) atoms. The Kier molecular flexibility index (Phi) is 15.4. The first-order chi connectivity index (χ1) is 30.6. The van der Waals surface area contributed by atoms with Crippen molar-refractivity contribution in [2.24, 2.45) is 0 Å². The van der Waals surface area contributed by atoms with Gasteiger partial charge in [0.15, 0.2) is 0 Å². The lowest BCUT2D eigenvalue weighted by molar-refractivity contribution is -0.120. The van der Waals surface area contributed by atoms with Crippen molar-refractivity contribution in [3.05, 3.63) is 75.2 Å². The lowest BCUT2D eigenvalue weighted by Gasteiger charge is -2.32. The molecule has 9 rings (SSSR count). The Hall–Kier alpha value is -4.87. The fourth-order valence-electron chi connectivity index (χ4n) is 9.06. The predicted molar refractivity (Wildman–Crippen MR) is 258 cm³/mol. The molecule has 1 aliphatic carbocycles. The van der Waals surface area contributed by atoms with Crippen LogP contribution in [0.3, 0.4) is 0 Å². The topological polar surface area (TPSA) is 165 Å². The summed E-state index contributed by atoms with van der Waals surface area (Å²) in [7, 11) is -0.102. The summed E-state index contributed by atoms with van der Waals surface area (Å²) in [5, 5.41) is 5.45. The number of amides is 5. The number of nitrogens with zero attached hydrogens (tertiary/aromatic N) is 3. The monoisotopic (exact) mass is 975 g/mol. The summed E-state index contributed by atoms with van der Waals surface area (Å²) in [4.78, 5) is 63.9. The highest BCUT2D eigenvalue weighted by Gasteiger charge is 2.52. The minimum absolute atomic E-state index is 0. The van der Waals surface area contributed by atoms with Crippen LogP contribution in [0.1, 0.15) is 119 Å². The SMILES string of the molecule is C.CC(=O)NC[C@@H]1OC(=O)N2c3ccc(Br)cc3C[C@@H]12.CC(=O)NC[C@@H]1OC(=O)N2c3ccc(C4=CCN(C(=O)OC(C)(C)C)CC4)cc3C[C@@H]12.CC1(C)OB(C2=CCCCC2)OC1(C)C. The summed E-state index contributed by atoms with van der Waals surface area (Å²) in [6, 6.07) is 11.8. The van der Waals surface area contributed by atoms with Crippen molar-refractivity contribution in [2.45, 2.75) is 156 Å². The molecule has 0 saturated carbocycles. The Morgan fingerprint density at radius 3 is 1.83 bits per heavy atom. The normalized spacial score (nSPS) is 24.0. The minimum Gasteiger partial charge on any atom is -0.444 e. The van der Waals surface area contributed by atoms with Crippen LogP contribution >= 0.6 is 15.9 Å². The quantitative estimate of drug-likeness (QED) is 0.211. The molecule has 2 aromatic rings. The number of nitrogens with one attached hydrogen (secondary N) is 2. The van der Waals surface area contributed by atoms with Crippen molar-refractivity contribution in [1.29, 1.82) is 0 Å². The Bertz CT molecular complexity index is 2240. The van der Waals surface area contributed by atoms with Gasteiger partial charge in [0.1, 0.15) is 17.8 Å². The molecule has 3 saturated heterocycles. The standard InChI is InChI=1S/C23H29N3O5.C13H13BrN2O3.C12H21BO2.CH4/c1-14(27)24-13-20-19-12-17-11-16(5-6-18(17)26(19)22(29)30-20)15-7-9-25(10-8-15)21(28)31-23(2,3)4;1-7(17)15-6-12-11-5-8-4-9(14)2-3-10(8)16(11)13(18)19-12;1-11(2)12(3,4)15-13(14-11)10-8-6-5-7-9-10;/h5-7,11,19-20H,8-10,12-13H2,1-4H3,(H,24,27);2-4,11-12H,5-6H2,1H3,(H,15,17);8H,5-7,9H2,1-4H3;1H4/t19-,20-;11-,12-;;/m00../s1. The van der Waals surface area contributed by atoms with Crippen molar-refractivity contribution >= 4 is 70.1 Å². The molecule has 0 bridgehead atoms. The van der Waals surface area contributed by atoms with E-state index in [1.807, 2.05) is 51.1 Å². The molecule has 0 spiro atoms. The number of halogens is 1. The van der Waals surface area contributed by atoms with E-state index < -0.39 is 5.60 Å². The van der Waals surface area contributed by atoms with Crippen LogP contribution in [-0.4, -0.2) is 109 Å². The first-order valence-electron chi connectivity index (χ1n) is 22.7. The number of ether oxygens (including phenoxy) is 3. The third-order valence-electron chi connectivity index (χ3n) is 13.1. The van der Waals surface area contributed by atoms with Crippen LogP contribution in [0.4, 0.5) is 25.8 Å². The van der Waals surface area contributed by atoms with E-state index in [-0.39, 0.29) is 80.1 Å². The predicted octanol–water partition coefficient (Wildman–Crippen LogP) is 8.69. The van der Waals surface area contributed by atoms with Gasteiger partial charge in [0.2, 0.25) is 11.8 Å². The maximum atomic E-state index is 12.4. The van der Waals surface area contributed by atoms with Crippen molar-refractivity contribution < 1.29 is 47.5 Å². The van der Waals surface area contributed by atoms with Gasteiger partial charge in [-0.25, -0.2) is 14.4 Å². The van der Waals surface area contributed by atoms with Gasteiger partial charge in [-0.05, 0) is 151 Å². The molecule has 0 aromatic heterocycles. The molecule has 15 nitrogen and oxygen atoms in total. The lowest BCUT2D eigenvalue weighted by atomic mass is 9.73. The minimum atomic E-state index is -0.507. The maximum absolute atomic E-state index is 12.4. The Labute approximate surface area is 398 Å². The second-order valence-electron chi connectivity index (χ2n) is 19.6. The highest BCUT2D eigenvalue weighted by atomic mass is 79.9. The zero-order valence-corrected chi connectivity index (χ0v) is 40.7. The summed E-state index contributed by atoms with van der Waals surface area (Å²) >= 11 is 3.43. The maximum Gasteiger partial charge on any atom is 0.490 e. The number of fused-ring (bicyclic) bond motifs is 6. The van der Waals surface area contributed by atoms with Crippen LogP contribution in [0.25, 0.3) is 5.57 Å². The number of anilines is 2. The van der Waals surface area contributed by atoms with Gasteiger partial charge >= 0.3 is 25.4 Å². The van der Waals surface area contributed by atoms with E-state index in [0.29, 0.717) is 32.6 Å². The largest absolute Gasteiger partial charge is 0.490 e. The Morgan fingerprint density at radius 1 is 0.803 bits per heavy atom. The molecule has 0 radical (unpaired) electrons. The van der Waals surface area contributed by atoms with Gasteiger partial charge in [-0.2, -0.15) is 0 Å². The number of carbonyl (C=O) groups excluding carboxylic acids is 5. The van der Waals surface area contributed by atoms with Gasteiger partial charge in [0.05, 0.1) is 47.8 Å². The van der Waals surface area contributed by atoms with Crippen LogP contribution in [0.15, 0.2) is 58.5 Å². The van der Waals surface area contributed by atoms with E-state index in [1.165, 1.54) is 44.2 Å². The zero-order valence-electron chi connectivity index (χ0n) is 39.1. The third kappa shape index (κ3) is 11.3. The lowest BCUT2D eigenvalue weighted by Crippen LogP contribution is -2.41. The Morgan fingerprint density at radius 2 is 1.35 bits per heavy atom. The van der Waals surface area contributed by atoms with Crippen molar-refractivity contribution in [3.8, 4) is 0 Å². The number of carbonyl (C=O) groups is 5. The van der Waals surface area contributed by atoms with Gasteiger partial charge in [0.25, 0.3) is 0 Å². The molecule has 2 aromatic carbocycles. The third-order valence-corrected chi connectivity index (χ3v) is 13.6. The number of rotatable bonds is 6. The van der Waals surface area contributed by atoms with Crippen LogP contribution in [-0.2, 0) is 46.0 Å². The van der Waals surface area contributed by atoms with Crippen LogP contribution < -0.4 is 20.4 Å². The van der Waals surface area contributed by atoms with Gasteiger partial charge in [0, 0.05) is 31.4 Å². The van der Waals surface area contributed by atoms with Crippen LogP contribution in [0.5, 0.6) is 0 Å². The van der Waals surface area contributed by atoms with E-state index in [1.54, 1.807) is 14.7 Å². The molecule has 5 amide bonds. The zero-order chi connectivity index (χ0) is 47.0. The molecule has 4 atom stereocenters. The highest BCUT2D eigenvalue weighted by molar-refractivity contribution is 9.10. The average Bonchev–Trinajstić information content (AvgIpc) is 4.01. The highest BCUT2D eigenvalue weighted by Crippen LogP contribution is 2.43. The first-order valence-corrected chi connectivity index (χ1v) is 23.5. The molecule has 6 aliphatic heterocycles. The Balaban J connectivity index is 0.000000176. The molecular formula is C49H67BBrN5O10. The number of hydrogen-bond acceptors (Lipinski definition) is 10. The fourth-order valence-corrected chi connectivity index (χ4v) is 9.47. The van der Waals surface area contributed by atoms with E-state index in [4.69, 9.17) is 23.5 Å². The van der Waals surface area contributed by atoms with Gasteiger partial charge < -0.3 is 39.1 Å². The number of allylic oxidation sites excluding steroid dienone is 2.